The number of aliphatic hydroxyl groups is 1. The number of amides is 3. The minimum atomic E-state index is -2.04. The number of likely N-dealkylation sites (N-methyl/N-ethyl adjacent to an activating group) is 1. The van der Waals surface area contributed by atoms with Crippen molar-refractivity contribution in [2.75, 3.05) is 20.1 Å². The maximum Gasteiger partial charge on any atom is 0.280 e. The molecule has 0 saturated carbocycles. The average Bonchev–Trinajstić information content (AvgIpc) is 3.70. The molecule has 4 aliphatic heterocycles. The van der Waals surface area contributed by atoms with Crippen LogP contribution in [-0.4, -0.2) is 97.9 Å². The summed E-state index contributed by atoms with van der Waals surface area (Å²) in [7, 11) is 2.02. The Morgan fingerprint density at radius 2 is 1.95 bits per heavy atom. The lowest BCUT2D eigenvalue weighted by Gasteiger charge is -2.48. The number of benzene rings is 2. The van der Waals surface area contributed by atoms with Crippen molar-refractivity contribution in [2.24, 2.45) is 5.92 Å². The van der Waals surface area contributed by atoms with Crippen molar-refractivity contribution in [3.05, 3.63) is 77.5 Å². The number of piperazine rings is 1. The topological polar surface area (TPSA) is 150 Å². The summed E-state index contributed by atoms with van der Waals surface area (Å²) in [5.74, 6) is -3.77. The first kappa shape index (κ1) is 28.7. The predicted molar refractivity (Wildman–Crippen MR) is 162 cm³/mol. The van der Waals surface area contributed by atoms with E-state index in [1.807, 2.05) is 49.5 Å². The smallest absolute Gasteiger partial charge is 0.280 e. The molecule has 8 rings (SSSR count). The van der Waals surface area contributed by atoms with Crippen LogP contribution in [0.1, 0.15) is 36.5 Å². The molecule has 3 aromatic rings. The highest BCUT2D eigenvalue weighted by Gasteiger charge is 2.70. The number of hydrogen-bond donors (Lipinski definition) is 3. The highest BCUT2D eigenvalue weighted by molar-refractivity contribution is 6.00. The molecule has 0 spiro atoms. The molecule has 5 aliphatic rings. The molecule has 44 heavy (non-hydrogen) atoms. The molecule has 5 heterocycles. The highest BCUT2D eigenvalue weighted by atomic mass is 16.7. The summed E-state index contributed by atoms with van der Waals surface area (Å²) in [6.45, 7) is 2.45. The summed E-state index contributed by atoms with van der Waals surface area (Å²) in [6, 6.07) is 14.1. The second kappa shape index (κ2) is 10.00. The maximum atomic E-state index is 14.2. The highest BCUT2D eigenvalue weighted by Crippen LogP contribution is 2.46. The lowest BCUT2D eigenvalue weighted by molar-refractivity contribution is -0.315. The van der Waals surface area contributed by atoms with Crippen LogP contribution in [-0.2, 0) is 32.0 Å². The molecular weight excluding hydrogens is 562 g/mol. The van der Waals surface area contributed by atoms with Gasteiger partial charge in [0.05, 0.1) is 5.92 Å². The van der Waals surface area contributed by atoms with Gasteiger partial charge in [0.1, 0.15) is 12.1 Å². The first-order chi connectivity index (χ1) is 20.7. The molecule has 0 unspecified atom stereocenters. The van der Waals surface area contributed by atoms with Crippen LogP contribution < -0.4 is 5.32 Å². The van der Waals surface area contributed by atoms with Gasteiger partial charge in [0.2, 0.25) is 17.5 Å². The number of fused-ring (bicyclic) bond motifs is 5. The molecule has 11 nitrogen and oxygen atoms in total. The third-order valence-corrected chi connectivity index (χ3v) is 10.1. The van der Waals surface area contributed by atoms with Crippen molar-refractivity contribution in [2.45, 2.75) is 62.4 Å². The van der Waals surface area contributed by atoms with Gasteiger partial charge in [-0.05, 0) is 61.6 Å². The minimum Gasteiger partial charge on any atom is -0.412 e. The fraction of sp³-hybridized carbons (Fsp3) is 0.424. The van der Waals surface area contributed by atoms with Gasteiger partial charge in [-0.2, -0.15) is 0 Å². The average molecular weight is 600 g/mol. The molecule has 3 saturated heterocycles. The van der Waals surface area contributed by atoms with Crippen LogP contribution in [0.3, 0.4) is 0 Å². The number of aromatic nitrogens is 1. The zero-order chi connectivity index (χ0) is 29.7. The van der Waals surface area contributed by atoms with Crippen molar-refractivity contribution in [3.8, 4) is 0 Å². The Bertz CT molecular complexity index is 1700. The molecule has 6 atom stereocenters. The van der Waals surface area contributed by atoms with Crippen LogP contribution in [0.4, 0.5) is 0 Å². The molecule has 11 heteroatoms. The fourth-order valence-corrected chi connectivity index (χ4v) is 8.12. The standard InChI is InChI=1S/C33H35N5O5.H2O/c1-32(35-29(39)21-15-23-22-10-6-11-24-28(22)20(17-34-24)16-25(23)36(2)18-21)31(41)38-26(14-19-8-4-3-5-9-19)30(40)37-13-7-12-27(37)33(38,42)43-32;/h3-6,8-11,15,17,21,25-27,34,42H,7,12-14,16,18H2,1-2H3,(H,35,39);1H2/t21-,25-,26+,27+,32-,33+;/m1./s1. The molecule has 0 radical (unpaired) electrons. The fourth-order valence-electron chi connectivity index (χ4n) is 8.12. The predicted octanol–water partition coefficient (Wildman–Crippen LogP) is 1.17. The molecule has 3 fully saturated rings. The van der Waals surface area contributed by atoms with E-state index in [-0.39, 0.29) is 29.8 Å². The quantitative estimate of drug-likeness (QED) is 0.410. The van der Waals surface area contributed by atoms with Crippen molar-refractivity contribution in [3.63, 3.8) is 0 Å². The summed E-state index contributed by atoms with van der Waals surface area (Å²) in [6.07, 6.45) is 6.38. The summed E-state index contributed by atoms with van der Waals surface area (Å²) in [5.41, 5.74) is 3.58. The van der Waals surface area contributed by atoms with E-state index < -0.39 is 35.5 Å². The van der Waals surface area contributed by atoms with E-state index in [0.717, 1.165) is 28.6 Å². The number of aromatic amines is 1. The van der Waals surface area contributed by atoms with Crippen LogP contribution >= 0.6 is 0 Å². The Kier molecular flexibility index (Phi) is 6.53. The van der Waals surface area contributed by atoms with E-state index >= 15 is 0 Å². The molecule has 230 valence electrons. The molecule has 1 aliphatic carbocycles. The molecule has 2 aromatic carbocycles. The van der Waals surface area contributed by atoms with E-state index in [0.29, 0.717) is 25.9 Å². The second-order valence-corrected chi connectivity index (χ2v) is 12.8. The Balaban J connectivity index is 0.00000312. The van der Waals surface area contributed by atoms with Crippen molar-refractivity contribution < 1.29 is 29.7 Å². The number of rotatable bonds is 4. The largest absolute Gasteiger partial charge is 0.412 e. The first-order valence-electron chi connectivity index (χ1n) is 15.1. The Morgan fingerprint density at radius 1 is 1.16 bits per heavy atom. The van der Waals surface area contributed by atoms with Crippen molar-refractivity contribution in [1.82, 2.24) is 25.0 Å². The van der Waals surface area contributed by atoms with Crippen LogP contribution in [0.5, 0.6) is 0 Å². The van der Waals surface area contributed by atoms with Crippen molar-refractivity contribution in [1.29, 1.82) is 0 Å². The first-order valence-corrected chi connectivity index (χ1v) is 15.1. The third-order valence-electron chi connectivity index (χ3n) is 10.1. The lowest BCUT2D eigenvalue weighted by atomic mass is 9.79. The van der Waals surface area contributed by atoms with Gasteiger partial charge in [-0.15, -0.1) is 0 Å². The Morgan fingerprint density at radius 3 is 2.75 bits per heavy atom. The number of H-pyrrole nitrogens is 1. The minimum absolute atomic E-state index is 0. The number of hydrogen-bond acceptors (Lipinski definition) is 6. The maximum absolute atomic E-state index is 14.2. The van der Waals surface area contributed by atoms with Crippen molar-refractivity contribution >= 4 is 34.2 Å². The zero-order valence-electron chi connectivity index (χ0n) is 24.7. The van der Waals surface area contributed by atoms with E-state index in [4.69, 9.17) is 4.74 Å². The Hall–Kier alpha value is -4.03. The normalized spacial score (nSPS) is 32.6. The number of carbonyl (C=O) groups excluding carboxylic acids is 3. The summed E-state index contributed by atoms with van der Waals surface area (Å²) < 4.78 is 6.23. The van der Waals surface area contributed by atoms with Crippen LogP contribution in [0, 0.1) is 5.92 Å². The Labute approximate surface area is 254 Å². The zero-order valence-corrected chi connectivity index (χ0v) is 24.7. The van der Waals surface area contributed by atoms with Crippen LogP contribution in [0.15, 0.2) is 60.8 Å². The molecule has 0 bridgehead atoms. The van der Waals surface area contributed by atoms with E-state index in [2.05, 4.69) is 33.5 Å². The number of ether oxygens (including phenoxy) is 1. The van der Waals surface area contributed by atoms with E-state index in [1.54, 1.807) is 4.90 Å². The van der Waals surface area contributed by atoms with Crippen LogP contribution in [0.2, 0.25) is 0 Å². The van der Waals surface area contributed by atoms with Gasteiger partial charge >= 0.3 is 0 Å². The number of nitrogens with one attached hydrogen (secondary N) is 2. The third kappa shape index (κ3) is 4.00. The van der Waals surface area contributed by atoms with Gasteiger partial charge in [0, 0.05) is 42.7 Å². The second-order valence-electron chi connectivity index (χ2n) is 12.8. The van der Waals surface area contributed by atoms with Gasteiger partial charge in [0.25, 0.3) is 11.8 Å². The van der Waals surface area contributed by atoms with Gasteiger partial charge < -0.3 is 25.8 Å². The summed E-state index contributed by atoms with van der Waals surface area (Å²) in [4.78, 5) is 50.2. The van der Waals surface area contributed by atoms with E-state index in [9.17, 15) is 19.5 Å². The number of nitrogens with zero attached hydrogens (tertiary/aromatic N) is 3. The SMILES string of the molecule is CN1C[C@H](C(=O)N[C@]2(C)O[C@@]3(O)[C@@H]4CCCN4C(=O)[C@H](Cc4ccccc4)N3C2=O)C=C2c3cccc4[nH]cc(c34)C[C@H]21.O. The van der Waals surface area contributed by atoms with Gasteiger partial charge in [0.15, 0.2) is 0 Å². The summed E-state index contributed by atoms with van der Waals surface area (Å²) >= 11 is 0. The molecular formula is C33H37N5O6. The monoisotopic (exact) mass is 599 g/mol. The van der Waals surface area contributed by atoms with Gasteiger partial charge in [-0.3, -0.25) is 28.9 Å². The molecule has 1 aromatic heterocycles. The molecule has 5 N–H and O–H groups in total. The summed E-state index contributed by atoms with van der Waals surface area (Å²) in [5, 5.41) is 16.1. The van der Waals surface area contributed by atoms with Gasteiger partial charge in [-0.1, -0.05) is 48.5 Å². The van der Waals surface area contributed by atoms with E-state index in [1.165, 1.54) is 22.8 Å². The number of carbonyl (C=O) groups is 3. The molecule has 3 amide bonds. The van der Waals surface area contributed by atoms with Crippen LogP contribution in [0.25, 0.3) is 16.5 Å². The lowest BCUT2D eigenvalue weighted by Crippen LogP contribution is -2.71. The van der Waals surface area contributed by atoms with Gasteiger partial charge in [-0.25, -0.2) is 0 Å².